The molecule has 1 N–H and O–H groups in total. The molecule has 1 aromatic heterocycles. The summed E-state index contributed by atoms with van der Waals surface area (Å²) in [6.07, 6.45) is 2.71. The minimum absolute atomic E-state index is 0.656. The molecule has 0 saturated carbocycles. The second-order valence-corrected chi connectivity index (χ2v) is 5.88. The first kappa shape index (κ1) is 13.3. The third-order valence-electron chi connectivity index (χ3n) is 2.22. The van der Waals surface area contributed by atoms with Crippen LogP contribution in [0.2, 0.25) is 5.02 Å². The van der Waals surface area contributed by atoms with E-state index in [0.29, 0.717) is 5.02 Å². The van der Waals surface area contributed by atoms with E-state index in [0.717, 1.165) is 25.9 Å². The van der Waals surface area contributed by atoms with E-state index >= 15 is 0 Å². The number of thiophene rings is 1. The summed E-state index contributed by atoms with van der Waals surface area (Å²) < 4.78 is 0.857. The summed E-state index contributed by atoms with van der Waals surface area (Å²) in [6.45, 7) is 0. The number of carboxylic acid groups (broad SMARTS) is 1. The van der Waals surface area contributed by atoms with Gasteiger partial charge < -0.3 is 5.11 Å². The van der Waals surface area contributed by atoms with Crippen LogP contribution in [0.3, 0.4) is 0 Å². The zero-order valence-electron chi connectivity index (χ0n) is 9.06. The van der Waals surface area contributed by atoms with Gasteiger partial charge >= 0.3 is 5.97 Å². The van der Waals surface area contributed by atoms with Crippen LogP contribution in [-0.2, 0) is 4.79 Å². The highest BCUT2D eigenvalue weighted by Crippen LogP contribution is 2.33. The summed E-state index contributed by atoms with van der Waals surface area (Å²) in [6, 6.07) is 9.57. The molecule has 1 heterocycles. The maximum absolute atomic E-state index is 10.4. The number of halogens is 2. The van der Waals surface area contributed by atoms with E-state index < -0.39 is 5.97 Å². The summed E-state index contributed by atoms with van der Waals surface area (Å²) in [5, 5.41) is 9.22. The van der Waals surface area contributed by atoms with Crippen molar-refractivity contribution in [2.24, 2.45) is 0 Å². The molecule has 0 aliphatic rings. The fourth-order valence-corrected chi connectivity index (χ4v) is 2.73. The van der Waals surface area contributed by atoms with Gasteiger partial charge in [0, 0.05) is 20.3 Å². The number of benzene rings is 1. The second-order valence-electron chi connectivity index (χ2n) is 3.50. The van der Waals surface area contributed by atoms with Gasteiger partial charge in [0.25, 0.3) is 0 Å². The van der Waals surface area contributed by atoms with Crippen molar-refractivity contribution >= 4 is 50.9 Å². The van der Waals surface area contributed by atoms with Crippen LogP contribution in [0, 0.1) is 0 Å². The molecule has 0 atom stereocenters. The van der Waals surface area contributed by atoms with Gasteiger partial charge in [-0.3, -0.25) is 0 Å². The van der Waals surface area contributed by atoms with E-state index in [4.69, 9.17) is 16.7 Å². The molecule has 0 bridgehead atoms. The van der Waals surface area contributed by atoms with Crippen molar-refractivity contribution < 1.29 is 9.90 Å². The van der Waals surface area contributed by atoms with E-state index in [2.05, 4.69) is 15.9 Å². The van der Waals surface area contributed by atoms with E-state index in [9.17, 15) is 4.79 Å². The Morgan fingerprint density at radius 1 is 1.33 bits per heavy atom. The van der Waals surface area contributed by atoms with Crippen LogP contribution >= 0.6 is 38.9 Å². The molecule has 2 nitrogen and oxygen atoms in total. The molecule has 18 heavy (non-hydrogen) atoms. The van der Waals surface area contributed by atoms with E-state index in [1.54, 1.807) is 6.08 Å². The molecule has 2 rings (SSSR count). The quantitative estimate of drug-likeness (QED) is 0.802. The molecule has 2 aromatic rings. The van der Waals surface area contributed by atoms with Gasteiger partial charge in [0.05, 0.1) is 5.02 Å². The van der Waals surface area contributed by atoms with Gasteiger partial charge in [-0.25, -0.2) is 4.79 Å². The standard InChI is InChI=1S/C13H8BrClO2S/c14-10-4-1-8(7-11(10)15)12-5-2-9(18-12)3-6-13(16)17/h1-7H,(H,16,17)/b6-3+. The summed E-state index contributed by atoms with van der Waals surface area (Å²) in [5.41, 5.74) is 1.02. The topological polar surface area (TPSA) is 37.3 Å². The number of hydrogen-bond donors (Lipinski definition) is 1. The zero-order chi connectivity index (χ0) is 13.1. The maximum atomic E-state index is 10.4. The largest absolute Gasteiger partial charge is 0.478 e. The van der Waals surface area contributed by atoms with Gasteiger partial charge in [0.2, 0.25) is 0 Å². The minimum Gasteiger partial charge on any atom is -0.478 e. The molecule has 1 aromatic carbocycles. The summed E-state index contributed by atoms with van der Waals surface area (Å²) in [7, 11) is 0. The normalized spacial score (nSPS) is 11.0. The van der Waals surface area contributed by atoms with Crippen LogP contribution in [0.4, 0.5) is 0 Å². The maximum Gasteiger partial charge on any atom is 0.328 e. The monoisotopic (exact) mass is 342 g/mol. The molecule has 0 aliphatic carbocycles. The Hall–Kier alpha value is -1.10. The van der Waals surface area contributed by atoms with Gasteiger partial charge in [-0.05, 0) is 51.8 Å². The Morgan fingerprint density at radius 2 is 2.11 bits per heavy atom. The van der Waals surface area contributed by atoms with Crippen molar-refractivity contribution in [1.82, 2.24) is 0 Å². The van der Waals surface area contributed by atoms with Gasteiger partial charge in [-0.1, -0.05) is 17.7 Å². The van der Waals surface area contributed by atoms with Crippen LogP contribution in [0.15, 0.2) is 40.9 Å². The van der Waals surface area contributed by atoms with Crippen LogP contribution in [-0.4, -0.2) is 11.1 Å². The molecule has 5 heteroatoms. The van der Waals surface area contributed by atoms with Crippen molar-refractivity contribution in [3.63, 3.8) is 0 Å². The number of rotatable bonds is 3. The molecule has 0 spiro atoms. The summed E-state index contributed by atoms with van der Waals surface area (Å²) in [4.78, 5) is 12.4. The number of hydrogen-bond acceptors (Lipinski definition) is 2. The first-order valence-electron chi connectivity index (χ1n) is 5.02. The Kier molecular flexibility index (Phi) is 4.22. The Morgan fingerprint density at radius 3 is 2.78 bits per heavy atom. The third kappa shape index (κ3) is 3.22. The van der Waals surface area contributed by atoms with Crippen LogP contribution in [0.1, 0.15) is 4.88 Å². The van der Waals surface area contributed by atoms with Crippen LogP contribution in [0.5, 0.6) is 0 Å². The summed E-state index contributed by atoms with van der Waals surface area (Å²) in [5.74, 6) is -0.948. The minimum atomic E-state index is -0.948. The summed E-state index contributed by atoms with van der Waals surface area (Å²) >= 11 is 10.9. The van der Waals surface area contributed by atoms with Gasteiger partial charge in [0.1, 0.15) is 0 Å². The lowest BCUT2D eigenvalue weighted by atomic mass is 10.2. The highest BCUT2D eigenvalue weighted by atomic mass is 79.9. The lowest BCUT2D eigenvalue weighted by molar-refractivity contribution is -0.131. The lowest BCUT2D eigenvalue weighted by Gasteiger charge is -1.99. The Balaban J connectivity index is 2.29. The molecule has 0 aliphatic heterocycles. The van der Waals surface area contributed by atoms with Crippen molar-refractivity contribution in [1.29, 1.82) is 0 Å². The zero-order valence-corrected chi connectivity index (χ0v) is 12.2. The smallest absolute Gasteiger partial charge is 0.328 e. The van der Waals surface area contributed by atoms with Gasteiger partial charge in [-0.2, -0.15) is 0 Å². The Bertz CT molecular complexity index is 619. The molecule has 0 unspecified atom stereocenters. The van der Waals surface area contributed by atoms with Crippen molar-refractivity contribution in [2.75, 3.05) is 0 Å². The molecule has 0 radical (unpaired) electrons. The first-order valence-corrected chi connectivity index (χ1v) is 7.01. The van der Waals surface area contributed by atoms with Gasteiger partial charge in [-0.15, -0.1) is 11.3 Å². The molecule has 0 fully saturated rings. The van der Waals surface area contributed by atoms with Crippen molar-refractivity contribution in [3.8, 4) is 10.4 Å². The van der Waals surface area contributed by atoms with Crippen molar-refractivity contribution in [3.05, 3.63) is 50.8 Å². The van der Waals surface area contributed by atoms with Crippen LogP contribution < -0.4 is 0 Å². The number of carbonyl (C=O) groups is 1. The molecule has 0 amide bonds. The fourth-order valence-electron chi connectivity index (χ4n) is 1.40. The van der Waals surface area contributed by atoms with E-state index in [1.807, 2.05) is 30.3 Å². The highest BCUT2D eigenvalue weighted by molar-refractivity contribution is 9.10. The highest BCUT2D eigenvalue weighted by Gasteiger charge is 2.04. The lowest BCUT2D eigenvalue weighted by Crippen LogP contribution is -1.84. The third-order valence-corrected chi connectivity index (χ3v) is 4.55. The van der Waals surface area contributed by atoms with Gasteiger partial charge in [0.15, 0.2) is 0 Å². The van der Waals surface area contributed by atoms with Crippen molar-refractivity contribution in [2.45, 2.75) is 0 Å². The average molecular weight is 344 g/mol. The predicted molar refractivity (Wildman–Crippen MR) is 79.1 cm³/mol. The van der Waals surface area contributed by atoms with E-state index in [-0.39, 0.29) is 0 Å². The predicted octanol–water partition coefficient (Wildman–Crippen LogP) is 4.93. The SMILES string of the molecule is O=C(O)/C=C/c1ccc(-c2ccc(Br)c(Cl)c2)s1. The van der Waals surface area contributed by atoms with E-state index in [1.165, 1.54) is 11.3 Å². The fraction of sp³-hybridized carbons (Fsp3) is 0. The number of carboxylic acids is 1. The first-order chi connectivity index (χ1) is 8.56. The number of aliphatic carboxylic acids is 1. The molecular weight excluding hydrogens is 336 g/mol. The second kappa shape index (κ2) is 5.69. The molecule has 0 saturated heterocycles. The molecular formula is C13H8BrClO2S. The van der Waals surface area contributed by atoms with Crippen LogP contribution in [0.25, 0.3) is 16.5 Å². The molecule has 92 valence electrons. The average Bonchev–Trinajstić information content (AvgIpc) is 2.79. The Labute approximate surface area is 122 Å².